The van der Waals surface area contributed by atoms with Crippen LogP contribution in [0.1, 0.15) is 5.56 Å². The van der Waals surface area contributed by atoms with Crippen LogP contribution in [0.25, 0.3) is 5.57 Å². The van der Waals surface area contributed by atoms with E-state index in [1.807, 2.05) is 0 Å². The Labute approximate surface area is 96.8 Å². The molecule has 0 aliphatic carbocycles. The van der Waals surface area contributed by atoms with Gasteiger partial charge in [-0.2, -0.15) is 0 Å². The fourth-order valence-corrected chi connectivity index (χ4v) is 2.98. The molecule has 1 atom stereocenters. The number of benzene rings is 1. The molecule has 0 fully saturated rings. The van der Waals surface area contributed by atoms with Crippen molar-refractivity contribution in [3.63, 3.8) is 0 Å². The van der Waals surface area contributed by atoms with E-state index in [0.717, 1.165) is 5.82 Å². The molecule has 1 N–H and O–H groups in total. The Bertz CT molecular complexity index is 484. The van der Waals surface area contributed by atoms with Crippen LogP contribution in [-0.4, -0.2) is 10.8 Å². The third kappa shape index (κ3) is 2.21. The molecule has 0 saturated heterocycles. The molecule has 80 valence electrons. The van der Waals surface area contributed by atoms with E-state index in [0.29, 0.717) is 21.9 Å². The molecule has 1 aliphatic heterocycles. The molecule has 0 bridgehead atoms. The summed E-state index contributed by atoms with van der Waals surface area (Å²) in [4.78, 5) is 9.37. The molecule has 6 heteroatoms. The van der Waals surface area contributed by atoms with E-state index in [4.69, 9.17) is 27.7 Å². The van der Waals surface area contributed by atoms with Crippen molar-refractivity contribution >= 4 is 36.4 Å². The van der Waals surface area contributed by atoms with Gasteiger partial charge in [-0.3, -0.25) is 0 Å². The maximum atomic E-state index is 11.4. The first-order valence-electron chi connectivity index (χ1n) is 4.11. The topological polar surface area (TPSA) is 46.5 Å². The van der Waals surface area contributed by atoms with Gasteiger partial charge in [0.05, 0.1) is 0 Å². The van der Waals surface area contributed by atoms with E-state index >= 15 is 0 Å². The Hall–Kier alpha value is -0.470. The molecule has 0 spiro atoms. The van der Waals surface area contributed by atoms with Crippen molar-refractivity contribution < 1.29 is 14.0 Å². The number of allylic oxidation sites excluding steroid dienone is 1. The summed E-state index contributed by atoms with van der Waals surface area (Å²) in [5.41, 5.74) is 1.29. The predicted octanol–water partition coefficient (Wildman–Crippen LogP) is 3.50. The molecule has 0 radical (unpaired) electrons. The third-order valence-electron chi connectivity index (χ3n) is 1.98. The molecule has 0 amide bonds. The Balaban J connectivity index is 2.60. The van der Waals surface area contributed by atoms with Crippen molar-refractivity contribution in [1.82, 2.24) is 0 Å². The van der Waals surface area contributed by atoms with Crippen molar-refractivity contribution in [3.05, 3.63) is 34.6 Å². The fraction of sp³-hybridized carbons (Fsp3) is 0.111. The lowest BCUT2D eigenvalue weighted by Gasteiger charge is -2.20. The zero-order valence-corrected chi connectivity index (χ0v) is 9.89. The van der Waals surface area contributed by atoms with Gasteiger partial charge in [-0.25, -0.2) is 4.57 Å². The summed E-state index contributed by atoms with van der Waals surface area (Å²) >= 11 is 11.4. The summed E-state index contributed by atoms with van der Waals surface area (Å²) in [6, 6.07) is 4.89. The van der Waals surface area contributed by atoms with Crippen LogP contribution < -0.4 is 4.52 Å². The van der Waals surface area contributed by atoms with Crippen LogP contribution in [0, 0.1) is 0 Å². The van der Waals surface area contributed by atoms with Crippen molar-refractivity contribution in [2.75, 3.05) is 5.88 Å². The summed E-state index contributed by atoms with van der Waals surface area (Å²) in [6.45, 7) is 0. The maximum Gasteiger partial charge on any atom is 0.401 e. The normalized spacial score (nSPS) is 24.1. The van der Waals surface area contributed by atoms with E-state index in [2.05, 4.69) is 0 Å². The zero-order valence-electron chi connectivity index (χ0n) is 7.48. The SMILES string of the molecule is O=P1(O)C=C(CCl)c2ccc(Cl)cc2O1. The highest BCUT2D eigenvalue weighted by atomic mass is 35.5. The molecule has 1 unspecified atom stereocenters. The summed E-state index contributed by atoms with van der Waals surface area (Å²) in [5.74, 6) is 1.62. The molecule has 1 aromatic rings. The van der Waals surface area contributed by atoms with Gasteiger partial charge in [0.25, 0.3) is 0 Å². The average Bonchev–Trinajstić information content (AvgIpc) is 2.14. The van der Waals surface area contributed by atoms with E-state index in [1.54, 1.807) is 12.1 Å². The summed E-state index contributed by atoms with van der Waals surface area (Å²) < 4.78 is 16.4. The van der Waals surface area contributed by atoms with Gasteiger partial charge in [0.15, 0.2) is 0 Å². The van der Waals surface area contributed by atoms with Crippen molar-refractivity contribution in [2.45, 2.75) is 0 Å². The largest absolute Gasteiger partial charge is 0.421 e. The highest BCUT2D eigenvalue weighted by Gasteiger charge is 2.27. The summed E-state index contributed by atoms with van der Waals surface area (Å²) in [6.07, 6.45) is 0. The van der Waals surface area contributed by atoms with Crippen molar-refractivity contribution in [3.8, 4) is 5.75 Å². The number of hydrogen-bond acceptors (Lipinski definition) is 2. The number of hydrogen-bond donors (Lipinski definition) is 1. The van der Waals surface area contributed by atoms with Gasteiger partial charge >= 0.3 is 7.60 Å². The molecular formula is C9H7Cl2O3P. The first-order chi connectivity index (χ1) is 7.02. The highest BCUT2D eigenvalue weighted by Crippen LogP contribution is 2.52. The van der Waals surface area contributed by atoms with Gasteiger partial charge in [0.1, 0.15) is 5.75 Å². The molecule has 15 heavy (non-hydrogen) atoms. The Kier molecular flexibility index (Phi) is 2.82. The minimum Gasteiger partial charge on any atom is -0.421 e. The second kappa shape index (κ2) is 3.84. The molecular weight excluding hydrogens is 258 g/mol. The fourth-order valence-electron chi connectivity index (χ4n) is 1.38. The third-order valence-corrected chi connectivity index (χ3v) is 3.60. The van der Waals surface area contributed by atoms with Crippen molar-refractivity contribution in [1.29, 1.82) is 0 Å². The average molecular weight is 265 g/mol. The quantitative estimate of drug-likeness (QED) is 0.624. The van der Waals surface area contributed by atoms with Gasteiger partial charge in [-0.05, 0) is 23.8 Å². The standard InChI is InChI=1S/C9H7Cl2O3P/c10-4-6-5-15(12,13)14-9-3-7(11)1-2-8(6)9/h1-3,5H,4H2,(H,12,13). The molecule has 2 rings (SSSR count). The Morgan fingerprint density at radius 3 is 2.87 bits per heavy atom. The first kappa shape index (κ1) is 11.0. The lowest BCUT2D eigenvalue weighted by atomic mass is 10.1. The van der Waals surface area contributed by atoms with E-state index in [1.165, 1.54) is 6.07 Å². The zero-order chi connectivity index (χ0) is 11.1. The molecule has 0 aromatic heterocycles. The van der Waals surface area contributed by atoms with Crippen LogP contribution in [0.5, 0.6) is 5.75 Å². The summed E-state index contributed by atoms with van der Waals surface area (Å²) in [7, 11) is -3.72. The van der Waals surface area contributed by atoms with Crippen LogP contribution in [0.3, 0.4) is 0 Å². The minimum absolute atomic E-state index is 0.155. The van der Waals surface area contributed by atoms with E-state index in [-0.39, 0.29) is 5.88 Å². The minimum atomic E-state index is -3.72. The molecule has 0 saturated carbocycles. The van der Waals surface area contributed by atoms with E-state index in [9.17, 15) is 9.46 Å². The lowest BCUT2D eigenvalue weighted by molar-refractivity contribution is 0.390. The van der Waals surface area contributed by atoms with E-state index < -0.39 is 7.60 Å². The van der Waals surface area contributed by atoms with Crippen LogP contribution in [-0.2, 0) is 4.57 Å². The van der Waals surface area contributed by atoms with Gasteiger partial charge in [0, 0.05) is 22.3 Å². The van der Waals surface area contributed by atoms with Crippen molar-refractivity contribution in [2.24, 2.45) is 0 Å². The number of fused-ring (bicyclic) bond motifs is 1. The van der Waals surface area contributed by atoms with Gasteiger partial charge < -0.3 is 9.42 Å². The van der Waals surface area contributed by atoms with Gasteiger partial charge in [-0.15, -0.1) is 11.6 Å². The summed E-state index contributed by atoms with van der Waals surface area (Å²) in [5, 5.41) is 0.449. The highest BCUT2D eigenvalue weighted by molar-refractivity contribution is 7.57. The second-order valence-electron chi connectivity index (χ2n) is 3.08. The Morgan fingerprint density at radius 1 is 1.47 bits per heavy atom. The van der Waals surface area contributed by atoms with Crippen LogP contribution in [0.15, 0.2) is 24.0 Å². The molecule has 1 aromatic carbocycles. The Morgan fingerprint density at radius 2 is 2.20 bits per heavy atom. The monoisotopic (exact) mass is 264 g/mol. The van der Waals surface area contributed by atoms with Crippen LogP contribution in [0.4, 0.5) is 0 Å². The van der Waals surface area contributed by atoms with Gasteiger partial charge in [0.2, 0.25) is 0 Å². The maximum absolute atomic E-state index is 11.4. The lowest BCUT2D eigenvalue weighted by Crippen LogP contribution is -2.01. The number of alkyl halides is 1. The number of halogens is 2. The molecule has 3 nitrogen and oxygen atoms in total. The number of rotatable bonds is 1. The molecule has 1 aliphatic rings. The van der Waals surface area contributed by atoms with Gasteiger partial charge in [-0.1, -0.05) is 11.6 Å². The predicted molar refractivity (Wildman–Crippen MR) is 60.6 cm³/mol. The van der Waals surface area contributed by atoms with Crippen LogP contribution in [0.2, 0.25) is 5.02 Å². The smallest absolute Gasteiger partial charge is 0.401 e. The molecule has 1 heterocycles. The first-order valence-corrected chi connectivity index (χ1v) is 6.67. The van der Waals surface area contributed by atoms with Crippen LogP contribution >= 0.6 is 30.8 Å². The second-order valence-corrected chi connectivity index (χ2v) is 5.36.